The first-order chi connectivity index (χ1) is 12.7. The van der Waals surface area contributed by atoms with Gasteiger partial charge < -0.3 is 9.80 Å². The summed E-state index contributed by atoms with van der Waals surface area (Å²) in [5.74, 6) is 0.0552. The summed E-state index contributed by atoms with van der Waals surface area (Å²) in [6, 6.07) is 3.70. The number of piperidine rings is 1. The molecule has 2 bridgehead atoms. The van der Waals surface area contributed by atoms with E-state index in [1.807, 2.05) is 28.2 Å². The summed E-state index contributed by atoms with van der Waals surface area (Å²) >= 11 is 1.54. The first kappa shape index (κ1) is 17.1. The van der Waals surface area contributed by atoms with Crippen LogP contribution in [-0.2, 0) is 17.8 Å². The molecule has 2 aromatic heterocycles. The van der Waals surface area contributed by atoms with Crippen LogP contribution in [0.15, 0.2) is 29.2 Å². The second-order valence-electron chi connectivity index (χ2n) is 6.97. The molecule has 3 fully saturated rings. The van der Waals surface area contributed by atoms with E-state index in [1.54, 1.807) is 29.1 Å². The van der Waals surface area contributed by atoms with Crippen molar-refractivity contribution in [1.82, 2.24) is 19.8 Å². The van der Waals surface area contributed by atoms with Crippen molar-refractivity contribution in [1.29, 1.82) is 0 Å². The number of hydrogen-bond donors (Lipinski definition) is 0. The minimum atomic E-state index is -0.108. The zero-order valence-electron chi connectivity index (χ0n) is 14.8. The molecule has 3 aliphatic rings. The van der Waals surface area contributed by atoms with Crippen molar-refractivity contribution in [2.75, 3.05) is 13.1 Å². The Kier molecular flexibility index (Phi) is 4.72. The highest BCUT2D eigenvalue weighted by molar-refractivity contribution is 7.07. The van der Waals surface area contributed by atoms with Gasteiger partial charge in [-0.15, -0.1) is 11.3 Å². The molecule has 0 spiro atoms. The number of aryl methyl sites for hydroxylation is 1. The molecular weight excluding hydrogens is 348 g/mol. The number of hydrogen-bond acceptors (Lipinski definition) is 5. The highest BCUT2D eigenvalue weighted by Gasteiger charge is 2.42. The van der Waals surface area contributed by atoms with Crippen LogP contribution in [0.25, 0.3) is 0 Å². The SMILES string of the molecule is CCc1cc(C(=O)N2C[C@@H]3CC[C@H](C2)N(Cc2cscn2)C3=O)ccn1. The molecule has 0 unspecified atom stereocenters. The normalized spacial score (nSPS) is 22.6. The highest BCUT2D eigenvalue weighted by atomic mass is 32.1. The molecule has 0 saturated carbocycles. The maximum absolute atomic E-state index is 13.0. The van der Waals surface area contributed by atoms with Gasteiger partial charge in [0, 0.05) is 42.0 Å². The van der Waals surface area contributed by atoms with Crippen LogP contribution in [0.1, 0.15) is 41.5 Å². The van der Waals surface area contributed by atoms with Crippen LogP contribution < -0.4 is 0 Å². The number of pyridine rings is 1. The van der Waals surface area contributed by atoms with Gasteiger partial charge in [-0.2, -0.15) is 0 Å². The van der Waals surface area contributed by atoms with Gasteiger partial charge in [0.1, 0.15) is 0 Å². The van der Waals surface area contributed by atoms with Gasteiger partial charge in [0.15, 0.2) is 0 Å². The van der Waals surface area contributed by atoms with Crippen molar-refractivity contribution in [2.24, 2.45) is 5.92 Å². The van der Waals surface area contributed by atoms with Crippen LogP contribution in [0.5, 0.6) is 0 Å². The third-order valence-corrected chi connectivity index (χ3v) is 5.96. The Morgan fingerprint density at radius 2 is 2.15 bits per heavy atom. The fourth-order valence-electron chi connectivity index (χ4n) is 3.89. The Bertz CT molecular complexity index is 808. The summed E-state index contributed by atoms with van der Waals surface area (Å²) in [5, 5.41) is 1.98. The molecule has 5 heterocycles. The average molecular weight is 370 g/mol. The number of nitrogens with zero attached hydrogens (tertiary/aromatic N) is 4. The van der Waals surface area contributed by atoms with Crippen LogP contribution >= 0.6 is 11.3 Å². The predicted octanol–water partition coefficient (Wildman–Crippen LogP) is 2.36. The minimum Gasteiger partial charge on any atom is -0.336 e. The van der Waals surface area contributed by atoms with E-state index in [0.29, 0.717) is 25.2 Å². The largest absolute Gasteiger partial charge is 0.336 e. The Labute approximate surface area is 156 Å². The summed E-state index contributed by atoms with van der Waals surface area (Å²) in [5.41, 5.74) is 4.29. The summed E-state index contributed by atoms with van der Waals surface area (Å²) < 4.78 is 0. The van der Waals surface area contributed by atoms with Gasteiger partial charge in [-0.1, -0.05) is 6.92 Å². The zero-order chi connectivity index (χ0) is 18.1. The van der Waals surface area contributed by atoms with E-state index in [4.69, 9.17) is 0 Å². The van der Waals surface area contributed by atoms with E-state index in [9.17, 15) is 9.59 Å². The molecule has 0 aliphatic carbocycles. The summed E-state index contributed by atoms with van der Waals surface area (Å²) in [7, 11) is 0. The van der Waals surface area contributed by atoms with Crippen molar-refractivity contribution in [3.05, 3.63) is 46.2 Å². The molecular formula is C19H22N4O2S. The fraction of sp³-hybridized carbons (Fsp3) is 0.474. The molecule has 0 N–H and O–H groups in total. The van der Waals surface area contributed by atoms with Crippen molar-refractivity contribution < 1.29 is 9.59 Å². The molecule has 5 rings (SSSR count). The van der Waals surface area contributed by atoms with Crippen molar-refractivity contribution in [3.63, 3.8) is 0 Å². The smallest absolute Gasteiger partial charge is 0.254 e. The quantitative estimate of drug-likeness (QED) is 0.829. The second kappa shape index (κ2) is 7.15. The van der Waals surface area contributed by atoms with E-state index >= 15 is 0 Å². The summed E-state index contributed by atoms with van der Waals surface area (Å²) in [4.78, 5) is 38.3. The second-order valence-corrected chi connectivity index (χ2v) is 7.69. The monoisotopic (exact) mass is 370 g/mol. The molecule has 2 atom stereocenters. The predicted molar refractivity (Wildman–Crippen MR) is 98.7 cm³/mol. The van der Waals surface area contributed by atoms with E-state index in [-0.39, 0.29) is 23.8 Å². The van der Waals surface area contributed by atoms with Gasteiger partial charge in [-0.05, 0) is 31.4 Å². The standard InChI is InChI=1S/C19H22N4O2S/c1-2-15-7-13(5-6-20-15)18(24)22-8-14-3-4-17(10-22)23(19(14)25)9-16-11-26-12-21-16/h5-7,11-12,14,17H,2-4,8-10H2,1H3/t14-,17+/m0/s1. The molecule has 26 heavy (non-hydrogen) atoms. The lowest BCUT2D eigenvalue weighted by molar-refractivity contribution is -0.140. The number of carbonyl (C=O) groups excluding carboxylic acids is 2. The van der Waals surface area contributed by atoms with E-state index < -0.39 is 0 Å². The number of aromatic nitrogens is 2. The fourth-order valence-corrected chi connectivity index (χ4v) is 4.44. The Hall–Kier alpha value is -2.28. The topological polar surface area (TPSA) is 66.4 Å². The van der Waals surface area contributed by atoms with Gasteiger partial charge in [0.05, 0.1) is 23.7 Å². The van der Waals surface area contributed by atoms with Crippen LogP contribution in [-0.4, -0.2) is 50.7 Å². The summed E-state index contributed by atoms with van der Waals surface area (Å²) in [6.45, 7) is 3.67. The highest BCUT2D eigenvalue weighted by Crippen LogP contribution is 2.31. The Morgan fingerprint density at radius 1 is 1.27 bits per heavy atom. The molecule has 0 aromatic carbocycles. The number of carbonyl (C=O) groups is 2. The molecule has 0 radical (unpaired) electrons. The minimum absolute atomic E-state index is 0.00214. The van der Waals surface area contributed by atoms with Crippen LogP contribution in [0, 0.1) is 5.92 Å². The molecule has 7 heteroatoms. The maximum atomic E-state index is 13.0. The molecule has 136 valence electrons. The van der Waals surface area contributed by atoms with Gasteiger partial charge in [0.2, 0.25) is 5.91 Å². The third kappa shape index (κ3) is 3.23. The number of fused-ring (bicyclic) bond motifs is 4. The molecule has 2 aromatic rings. The molecule has 6 nitrogen and oxygen atoms in total. The van der Waals surface area contributed by atoms with Gasteiger partial charge in [0.25, 0.3) is 5.91 Å². The van der Waals surface area contributed by atoms with Crippen LogP contribution in [0.4, 0.5) is 0 Å². The zero-order valence-corrected chi connectivity index (χ0v) is 15.6. The lowest BCUT2D eigenvalue weighted by Crippen LogP contribution is -2.47. The number of rotatable bonds is 4. The first-order valence-corrected chi connectivity index (χ1v) is 10.0. The van der Waals surface area contributed by atoms with Gasteiger partial charge >= 0.3 is 0 Å². The van der Waals surface area contributed by atoms with Crippen LogP contribution in [0.3, 0.4) is 0 Å². The maximum Gasteiger partial charge on any atom is 0.254 e. The van der Waals surface area contributed by atoms with E-state index in [0.717, 1.165) is 30.7 Å². The third-order valence-electron chi connectivity index (χ3n) is 5.32. The first-order valence-electron chi connectivity index (χ1n) is 9.07. The van der Waals surface area contributed by atoms with Gasteiger partial charge in [-0.25, -0.2) is 4.98 Å². The number of thiazole rings is 1. The Morgan fingerprint density at radius 3 is 2.92 bits per heavy atom. The molecule has 3 aliphatic heterocycles. The Balaban J connectivity index is 1.55. The van der Waals surface area contributed by atoms with E-state index in [2.05, 4.69) is 9.97 Å². The van der Waals surface area contributed by atoms with Gasteiger partial charge in [-0.3, -0.25) is 14.6 Å². The van der Waals surface area contributed by atoms with Crippen molar-refractivity contribution in [2.45, 2.75) is 38.8 Å². The lowest BCUT2D eigenvalue weighted by Gasteiger charge is -2.35. The van der Waals surface area contributed by atoms with Crippen LogP contribution in [0.2, 0.25) is 0 Å². The lowest BCUT2D eigenvalue weighted by atomic mass is 9.94. The summed E-state index contributed by atoms with van der Waals surface area (Å²) in [6.07, 6.45) is 4.29. The van der Waals surface area contributed by atoms with Crippen molar-refractivity contribution in [3.8, 4) is 0 Å². The van der Waals surface area contributed by atoms with E-state index in [1.165, 1.54) is 0 Å². The average Bonchev–Trinajstić information content (AvgIpc) is 3.04. The molecule has 2 amide bonds. The number of amides is 2. The van der Waals surface area contributed by atoms with Crippen molar-refractivity contribution >= 4 is 23.2 Å². The molecule has 3 saturated heterocycles.